The van der Waals surface area contributed by atoms with Crippen molar-refractivity contribution in [3.63, 3.8) is 0 Å². The summed E-state index contributed by atoms with van der Waals surface area (Å²) in [5, 5.41) is 9.69. The summed E-state index contributed by atoms with van der Waals surface area (Å²) in [5.41, 5.74) is 1.65. The fourth-order valence-corrected chi connectivity index (χ4v) is 7.15. The molecule has 226 valence electrons. The van der Waals surface area contributed by atoms with E-state index in [1.165, 1.54) is 32.1 Å². The zero-order valence-electron chi connectivity index (χ0n) is 25.8. The molecule has 4 rings (SSSR count). The molecule has 1 saturated carbocycles. The zero-order valence-corrected chi connectivity index (χ0v) is 25.8. The second-order valence-corrected chi connectivity index (χ2v) is 12.8. The second kappa shape index (κ2) is 14.4. The molecule has 1 N–H and O–H groups in total. The number of carbonyl (C=O) groups is 3. The van der Waals surface area contributed by atoms with Crippen molar-refractivity contribution in [1.29, 1.82) is 0 Å². The van der Waals surface area contributed by atoms with Crippen LogP contribution in [-0.2, 0) is 14.4 Å². The number of ketones is 1. The lowest BCUT2D eigenvalue weighted by atomic mass is 9.69. The van der Waals surface area contributed by atoms with E-state index in [-0.39, 0.29) is 53.9 Å². The summed E-state index contributed by atoms with van der Waals surface area (Å²) in [6.45, 7) is 11.3. The first-order valence-electron chi connectivity index (χ1n) is 15.9. The van der Waals surface area contributed by atoms with Crippen molar-refractivity contribution in [2.75, 3.05) is 19.6 Å². The third-order valence-corrected chi connectivity index (χ3v) is 9.26. The van der Waals surface area contributed by atoms with E-state index < -0.39 is 6.04 Å². The number of aromatic nitrogens is 2. The van der Waals surface area contributed by atoms with Gasteiger partial charge in [-0.1, -0.05) is 59.3 Å². The molecule has 4 unspecified atom stereocenters. The van der Waals surface area contributed by atoms with Crippen LogP contribution in [0.2, 0.25) is 0 Å². The van der Waals surface area contributed by atoms with Crippen LogP contribution in [0, 0.1) is 24.7 Å². The predicted molar refractivity (Wildman–Crippen MR) is 160 cm³/mol. The molecule has 1 aliphatic carbocycles. The van der Waals surface area contributed by atoms with Gasteiger partial charge in [0.1, 0.15) is 24.1 Å². The normalized spacial score (nSPS) is 27.5. The lowest BCUT2D eigenvalue weighted by Gasteiger charge is -2.40. The number of hydrogen-bond donors (Lipinski definition) is 1. The number of Topliss-reactive ketones (excluding diaryl/α,β-unsaturated/α-hetero) is 1. The number of hydrazone groups is 1. The van der Waals surface area contributed by atoms with Crippen molar-refractivity contribution in [1.82, 2.24) is 25.2 Å². The topological polar surface area (TPSA) is 108 Å². The summed E-state index contributed by atoms with van der Waals surface area (Å²) in [5.74, 6) is 1.28. The summed E-state index contributed by atoms with van der Waals surface area (Å²) >= 11 is 0. The lowest BCUT2D eigenvalue weighted by molar-refractivity contribution is -0.140. The van der Waals surface area contributed by atoms with Gasteiger partial charge in [0.2, 0.25) is 11.8 Å². The summed E-state index contributed by atoms with van der Waals surface area (Å²) in [4.78, 5) is 50.0. The summed E-state index contributed by atoms with van der Waals surface area (Å²) in [6, 6.07) is -0.448. The van der Waals surface area contributed by atoms with Crippen molar-refractivity contribution >= 4 is 23.3 Å². The molecule has 6 atom stereocenters. The Balaban J connectivity index is 1.36. The molecule has 0 aromatic carbocycles. The maximum atomic E-state index is 13.7. The Morgan fingerprint density at radius 2 is 1.66 bits per heavy atom. The Morgan fingerprint density at radius 1 is 0.976 bits per heavy atom. The van der Waals surface area contributed by atoms with E-state index in [2.05, 4.69) is 36.1 Å². The SMILES string of the molecule is CCCCCCCCCNC(=O)[C@@H]1C[C@H](C)CN1C(=O)CN1N=C(C(C)=O)C2CC(c3cnc(C)nc3)CC(C)C21. The smallest absolute Gasteiger partial charge is 0.244 e. The molecule has 2 aliphatic heterocycles. The second-order valence-electron chi connectivity index (χ2n) is 12.8. The number of nitrogens with one attached hydrogen (secondary N) is 1. The average Bonchev–Trinajstić information content (AvgIpc) is 3.51. The minimum absolute atomic E-state index is 0.00917. The van der Waals surface area contributed by atoms with E-state index in [9.17, 15) is 14.4 Å². The molecule has 2 fully saturated rings. The van der Waals surface area contributed by atoms with E-state index in [1.807, 2.05) is 24.3 Å². The average molecular weight is 567 g/mol. The third-order valence-electron chi connectivity index (χ3n) is 9.26. The van der Waals surface area contributed by atoms with Crippen LogP contribution in [0.15, 0.2) is 17.5 Å². The fraction of sp³-hybridized carbons (Fsp3) is 0.750. The van der Waals surface area contributed by atoms with E-state index in [0.29, 0.717) is 25.2 Å². The highest BCUT2D eigenvalue weighted by molar-refractivity contribution is 6.40. The minimum Gasteiger partial charge on any atom is -0.354 e. The number of aryl methyl sites for hydroxylation is 1. The van der Waals surface area contributed by atoms with Gasteiger partial charge >= 0.3 is 0 Å². The Hall–Kier alpha value is -2.84. The fourth-order valence-electron chi connectivity index (χ4n) is 7.15. The van der Waals surface area contributed by atoms with E-state index in [1.54, 1.807) is 11.8 Å². The zero-order chi connectivity index (χ0) is 29.5. The number of hydrogen-bond acceptors (Lipinski definition) is 7. The highest BCUT2D eigenvalue weighted by atomic mass is 16.2. The molecule has 0 radical (unpaired) electrons. The van der Waals surface area contributed by atoms with E-state index >= 15 is 0 Å². The summed E-state index contributed by atoms with van der Waals surface area (Å²) in [7, 11) is 0. The van der Waals surface area contributed by atoms with Crippen LogP contribution in [0.25, 0.3) is 0 Å². The molecule has 1 aromatic heterocycles. The molecular weight excluding hydrogens is 516 g/mol. The van der Waals surface area contributed by atoms with Gasteiger partial charge < -0.3 is 10.2 Å². The molecule has 0 bridgehead atoms. The van der Waals surface area contributed by atoms with Crippen LogP contribution in [0.4, 0.5) is 0 Å². The molecule has 3 aliphatic rings. The Morgan fingerprint density at radius 3 is 2.34 bits per heavy atom. The molecule has 2 amide bonds. The van der Waals surface area contributed by atoms with Gasteiger partial charge in [0.15, 0.2) is 5.78 Å². The third kappa shape index (κ3) is 7.72. The Labute approximate surface area is 245 Å². The molecular formula is C32H50N6O3. The molecule has 9 nitrogen and oxygen atoms in total. The van der Waals surface area contributed by atoms with Gasteiger partial charge in [-0.2, -0.15) is 5.10 Å². The van der Waals surface area contributed by atoms with Crippen LogP contribution in [0.5, 0.6) is 0 Å². The first kappa shape index (κ1) is 31.1. The first-order chi connectivity index (χ1) is 19.7. The van der Waals surface area contributed by atoms with Gasteiger partial charge in [-0.25, -0.2) is 9.97 Å². The molecule has 9 heteroatoms. The van der Waals surface area contributed by atoms with Gasteiger partial charge in [0.25, 0.3) is 0 Å². The number of fused-ring (bicyclic) bond motifs is 1. The van der Waals surface area contributed by atoms with Crippen LogP contribution in [0.1, 0.15) is 109 Å². The molecule has 41 heavy (non-hydrogen) atoms. The van der Waals surface area contributed by atoms with Crippen molar-refractivity contribution in [3.8, 4) is 0 Å². The van der Waals surface area contributed by atoms with Crippen molar-refractivity contribution in [2.24, 2.45) is 22.9 Å². The lowest BCUT2D eigenvalue weighted by Crippen LogP contribution is -2.51. The Bertz CT molecular complexity index is 1090. The predicted octanol–water partition coefficient (Wildman–Crippen LogP) is 4.65. The van der Waals surface area contributed by atoms with Crippen LogP contribution in [0.3, 0.4) is 0 Å². The van der Waals surface area contributed by atoms with E-state index in [4.69, 9.17) is 5.10 Å². The number of carbonyl (C=O) groups excluding carboxylic acids is 3. The molecule has 0 spiro atoms. The minimum atomic E-state index is -0.439. The standard InChI is InChI=1S/C32H50N6O3/c1-6-7-8-9-10-11-12-13-33-32(41)28-14-21(2)19-37(28)29(40)20-38-31-22(3)15-25(26-17-34-24(5)35-18-26)16-27(31)30(36-38)23(4)39/h17-18,21-22,25,27-28,31H,6-16,19-20H2,1-5H3,(H,33,41)/t21-,22?,25?,27?,28-,31?/m0/s1. The quantitative estimate of drug-likeness (QED) is 0.348. The summed E-state index contributed by atoms with van der Waals surface area (Å²) in [6.07, 6.45) is 14.6. The number of likely N-dealkylation sites (tertiary alicyclic amines) is 1. The van der Waals surface area contributed by atoms with Crippen LogP contribution < -0.4 is 5.32 Å². The maximum absolute atomic E-state index is 13.7. The Kier molecular flexibility index (Phi) is 10.9. The molecule has 3 heterocycles. The van der Waals surface area contributed by atoms with Crippen LogP contribution >= 0.6 is 0 Å². The van der Waals surface area contributed by atoms with Gasteiger partial charge in [-0.15, -0.1) is 0 Å². The molecule has 1 aromatic rings. The highest BCUT2D eigenvalue weighted by Gasteiger charge is 2.48. The van der Waals surface area contributed by atoms with Crippen molar-refractivity contribution < 1.29 is 14.4 Å². The first-order valence-corrected chi connectivity index (χ1v) is 15.9. The van der Waals surface area contributed by atoms with Gasteiger partial charge in [-0.05, 0) is 55.9 Å². The summed E-state index contributed by atoms with van der Waals surface area (Å²) < 4.78 is 0. The monoisotopic (exact) mass is 566 g/mol. The largest absolute Gasteiger partial charge is 0.354 e. The number of amides is 2. The van der Waals surface area contributed by atoms with Crippen molar-refractivity contribution in [2.45, 2.75) is 117 Å². The molecule has 1 saturated heterocycles. The number of rotatable bonds is 13. The van der Waals surface area contributed by atoms with Crippen LogP contribution in [-0.4, -0.2) is 74.9 Å². The van der Waals surface area contributed by atoms with Gasteiger partial charge in [0, 0.05) is 38.3 Å². The van der Waals surface area contributed by atoms with E-state index in [0.717, 1.165) is 37.1 Å². The number of nitrogens with zero attached hydrogens (tertiary/aromatic N) is 5. The maximum Gasteiger partial charge on any atom is 0.244 e. The number of unbranched alkanes of at least 4 members (excludes halogenated alkanes) is 6. The van der Waals surface area contributed by atoms with Gasteiger partial charge in [0.05, 0.1) is 6.04 Å². The highest BCUT2D eigenvalue weighted by Crippen LogP contribution is 2.45. The van der Waals surface area contributed by atoms with Gasteiger partial charge in [-0.3, -0.25) is 19.4 Å². The van der Waals surface area contributed by atoms with Crippen molar-refractivity contribution in [3.05, 3.63) is 23.8 Å².